The van der Waals surface area contributed by atoms with E-state index < -0.39 is 23.9 Å². The number of ether oxygens (including phenoxy) is 2. The van der Waals surface area contributed by atoms with E-state index in [0.29, 0.717) is 23.8 Å². The van der Waals surface area contributed by atoms with Crippen LogP contribution < -0.4 is 0 Å². The van der Waals surface area contributed by atoms with Gasteiger partial charge in [0.25, 0.3) is 0 Å². The third-order valence-electron chi connectivity index (χ3n) is 15.0. The SMILES string of the molecule is C[C@@H]1CC([C@H](O)C(C)(C)O)OC2[C@H]1[C@@]1(C)CC[C@@]34C[C@@]35CCC(OC(=O)c3cccnc3)C(C)(C)[C@@H]5CCC4[C@]1(C)[C@H]2O. The van der Waals surface area contributed by atoms with Gasteiger partial charge in [0.05, 0.1) is 29.5 Å². The highest BCUT2D eigenvalue weighted by atomic mass is 16.5. The molecule has 1 saturated heterocycles. The molecule has 238 valence electrons. The number of fused-ring (bicyclic) bond motifs is 4. The van der Waals surface area contributed by atoms with Crippen molar-refractivity contribution >= 4 is 5.97 Å². The fourth-order valence-electron chi connectivity index (χ4n) is 12.9. The van der Waals surface area contributed by atoms with Gasteiger partial charge in [-0.25, -0.2) is 4.79 Å². The van der Waals surface area contributed by atoms with E-state index in [9.17, 15) is 20.1 Å². The molecule has 0 aromatic carbocycles. The number of rotatable bonds is 4. The number of aromatic nitrogens is 1. The summed E-state index contributed by atoms with van der Waals surface area (Å²) in [5.41, 5.74) is -0.778. The molecule has 2 spiro atoms. The second kappa shape index (κ2) is 9.27. The number of nitrogens with zero attached hydrogens (tertiary/aromatic N) is 1. The molecule has 3 N–H and O–H groups in total. The normalized spacial score (nSPS) is 50.3. The highest BCUT2D eigenvalue weighted by Crippen LogP contribution is 2.89. The zero-order valence-corrected chi connectivity index (χ0v) is 27.2. The molecule has 5 aliphatic carbocycles. The van der Waals surface area contributed by atoms with Crippen LogP contribution in [0, 0.1) is 50.7 Å². The van der Waals surface area contributed by atoms with Gasteiger partial charge in [-0.05, 0) is 117 Å². The molecule has 6 fully saturated rings. The van der Waals surface area contributed by atoms with Crippen molar-refractivity contribution in [3.05, 3.63) is 30.1 Å². The molecule has 0 radical (unpaired) electrons. The van der Waals surface area contributed by atoms with E-state index in [1.54, 1.807) is 38.4 Å². The van der Waals surface area contributed by atoms with Gasteiger partial charge < -0.3 is 24.8 Å². The van der Waals surface area contributed by atoms with Crippen LogP contribution in [0.1, 0.15) is 110 Å². The van der Waals surface area contributed by atoms with Crippen molar-refractivity contribution in [2.45, 2.75) is 136 Å². The summed E-state index contributed by atoms with van der Waals surface area (Å²) in [6.45, 7) is 15.0. The van der Waals surface area contributed by atoms with Gasteiger partial charge in [0.1, 0.15) is 12.2 Å². The van der Waals surface area contributed by atoms with Crippen molar-refractivity contribution in [2.24, 2.45) is 50.7 Å². The first-order valence-corrected chi connectivity index (χ1v) is 16.9. The van der Waals surface area contributed by atoms with Crippen LogP contribution in [0.2, 0.25) is 0 Å². The van der Waals surface area contributed by atoms with Crippen LogP contribution in [0.25, 0.3) is 0 Å². The minimum absolute atomic E-state index is 0.0559. The van der Waals surface area contributed by atoms with E-state index in [4.69, 9.17) is 9.47 Å². The Bertz CT molecular complexity index is 1280. The fourth-order valence-corrected chi connectivity index (χ4v) is 12.9. The van der Waals surface area contributed by atoms with E-state index in [2.05, 4.69) is 39.6 Å². The molecule has 6 aliphatic rings. The summed E-state index contributed by atoms with van der Waals surface area (Å²) in [5.74, 6) is 1.12. The van der Waals surface area contributed by atoms with Gasteiger partial charge in [-0.15, -0.1) is 0 Å². The molecule has 0 bridgehead atoms. The highest BCUT2D eigenvalue weighted by molar-refractivity contribution is 5.89. The Labute approximate surface area is 257 Å². The number of hydrogen-bond donors (Lipinski definition) is 3. The molecule has 5 saturated carbocycles. The highest BCUT2D eigenvalue weighted by Gasteiger charge is 2.84. The standard InChI is InChI=1S/C36H53NO6/c1-20-17-22(28(38)32(4,5)41)42-27-26(20)33(6)14-15-36-19-35(36)13-12-25(43-30(40)21-9-8-16-37-18-21)31(2,3)23(35)10-11-24(36)34(33,7)29(27)39/h8-9,16,18,20,22-29,38-39,41H,10-15,17,19H2,1-7H3/t20-,22?,23+,24?,25?,26+,27?,28+,29+,33-,34-,35-,36+/m1/s1. The van der Waals surface area contributed by atoms with E-state index in [0.717, 1.165) is 32.1 Å². The predicted molar refractivity (Wildman–Crippen MR) is 162 cm³/mol. The van der Waals surface area contributed by atoms with Gasteiger partial charge in [0.15, 0.2) is 0 Å². The molecular weight excluding hydrogens is 542 g/mol. The third kappa shape index (κ3) is 3.74. The largest absolute Gasteiger partial charge is 0.458 e. The van der Waals surface area contributed by atoms with E-state index in [1.165, 1.54) is 12.8 Å². The van der Waals surface area contributed by atoms with Crippen LogP contribution in [-0.2, 0) is 9.47 Å². The lowest BCUT2D eigenvalue weighted by Crippen LogP contribution is -2.60. The Morgan fingerprint density at radius 2 is 1.79 bits per heavy atom. The van der Waals surface area contributed by atoms with Crippen LogP contribution in [0.5, 0.6) is 0 Å². The number of aliphatic hydroxyl groups is 3. The molecule has 1 aromatic heterocycles. The second-order valence-electron chi connectivity index (χ2n) is 17.3. The molecular formula is C36H53NO6. The Balaban J connectivity index is 1.16. The van der Waals surface area contributed by atoms with Gasteiger partial charge >= 0.3 is 5.97 Å². The Hall–Kier alpha value is -1.54. The first kappa shape index (κ1) is 30.1. The lowest BCUT2D eigenvalue weighted by Gasteiger charge is -2.63. The van der Waals surface area contributed by atoms with Crippen LogP contribution in [0.15, 0.2) is 24.5 Å². The lowest BCUT2D eigenvalue weighted by atomic mass is 9.41. The van der Waals surface area contributed by atoms with E-state index in [-0.39, 0.29) is 57.1 Å². The molecule has 1 aliphatic heterocycles. The number of aliphatic hydroxyl groups excluding tert-OH is 2. The maximum atomic E-state index is 13.1. The van der Waals surface area contributed by atoms with Crippen LogP contribution in [0.3, 0.4) is 0 Å². The quantitative estimate of drug-likeness (QED) is 0.392. The molecule has 7 rings (SSSR count). The van der Waals surface area contributed by atoms with Gasteiger partial charge in [-0.1, -0.05) is 34.6 Å². The molecule has 1 aromatic rings. The minimum Gasteiger partial charge on any atom is -0.458 e. The molecule has 13 atom stereocenters. The van der Waals surface area contributed by atoms with Crippen LogP contribution >= 0.6 is 0 Å². The number of carbonyl (C=O) groups excluding carboxylic acids is 1. The van der Waals surface area contributed by atoms with Crippen LogP contribution in [-0.4, -0.2) is 62.4 Å². The molecule has 2 heterocycles. The molecule has 7 nitrogen and oxygen atoms in total. The van der Waals surface area contributed by atoms with Gasteiger partial charge in [0, 0.05) is 23.2 Å². The predicted octanol–water partition coefficient (Wildman–Crippen LogP) is 5.55. The topological polar surface area (TPSA) is 109 Å². The van der Waals surface area contributed by atoms with Crippen molar-refractivity contribution in [2.75, 3.05) is 0 Å². The van der Waals surface area contributed by atoms with Crippen molar-refractivity contribution in [3.8, 4) is 0 Å². The summed E-state index contributed by atoms with van der Waals surface area (Å²) >= 11 is 0. The Morgan fingerprint density at radius 3 is 2.47 bits per heavy atom. The lowest BCUT2D eigenvalue weighted by molar-refractivity contribution is -0.202. The minimum atomic E-state index is -1.26. The Kier molecular flexibility index (Phi) is 6.49. The fraction of sp³-hybridized carbons (Fsp3) is 0.833. The van der Waals surface area contributed by atoms with Gasteiger partial charge in [0.2, 0.25) is 0 Å². The summed E-state index contributed by atoms with van der Waals surface area (Å²) < 4.78 is 12.9. The van der Waals surface area contributed by atoms with Crippen molar-refractivity contribution in [1.82, 2.24) is 4.98 Å². The summed E-state index contributed by atoms with van der Waals surface area (Å²) in [6.07, 6.45) is 9.01. The van der Waals surface area contributed by atoms with Crippen molar-refractivity contribution < 1.29 is 29.6 Å². The number of carbonyl (C=O) groups is 1. The summed E-state index contributed by atoms with van der Waals surface area (Å²) in [4.78, 5) is 17.2. The molecule has 0 amide bonds. The van der Waals surface area contributed by atoms with Crippen LogP contribution in [0.4, 0.5) is 0 Å². The Morgan fingerprint density at radius 1 is 1.09 bits per heavy atom. The van der Waals surface area contributed by atoms with Gasteiger partial charge in [-0.2, -0.15) is 0 Å². The van der Waals surface area contributed by atoms with Crippen molar-refractivity contribution in [3.63, 3.8) is 0 Å². The number of pyridine rings is 1. The van der Waals surface area contributed by atoms with E-state index in [1.807, 2.05) is 0 Å². The average molecular weight is 596 g/mol. The summed E-state index contributed by atoms with van der Waals surface area (Å²) in [6, 6.07) is 3.55. The first-order valence-electron chi connectivity index (χ1n) is 16.9. The maximum Gasteiger partial charge on any atom is 0.339 e. The zero-order chi connectivity index (χ0) is 31.0. The number of hydrogen-bond acceptors (Lipinski definition) is 7. The maximum absolute atomic E-state index is 13.1. The monoisotopic (exact) mass is 595 g/mol. The van der Waals surface area contributed by atoms with Crippen molar-refractivity contribution in [1.29, 1.82) is 0 Å². The number of esters is 1. The molecule has 4 unspecified atom stereocenters. The third-order valence-corrected chi connectivity index (χ3v) is 15.0. The second-order valence-corrected chi connectivity index (χ2v) is 17.3. The van der Waals surface area contributed by atoms with E-state index >= 15 is 0 Å². The summed E-state index contributed by atoms with van der Waals surface area (Å²) in [5, 5.41) is 33.9. The van der Waals surface area contributed by atoms with Gasteiger partial charge in [-0.3, -0.25) is 4.98 Å². The first-order chi connectivity index (χ1) is 20.0. The average Bonchev–Trinajstić information content (AvgIpc) is 3.58. The summed E-state index contributed by atoms with van der Waals surface area (Å²) in [7, 11) is 0. The molecule has 7 heteroatoms. The smallest absolute Gasteiger partial charge is 0.339 e. The molecule has 43 heavy (non-hydrogen) atoms. The zero-order valence-electron chi connectivity index (χ0n) is 27.2.